The summed E-state index contributed by atoms with van der Waals surface area (Å²) in [4.78, 5) is 5.48. The number of nitrogens with one attached hydrogen (secondary N) is 1. The molecule has 0 bridgehead atoms. The van der Waals surface area contributed by atoms with Gasteiger partial charge in [-0.3, -0.25) is 0 Å². The summed E-state index contributed by atoms with van der Waals surface area (Å²) in [5.41, 5.74) is 1.02. The van der Waals surface area contributed by atoms with Crippen LogP contribution in [-0.2, 0) is 13.1 Å². The summed E-state index contributed by atoms with van der Waals surface area (Å²) in [7, 11) is 1.64. The number of rotatable bonds is 5. The van der Waals surface area contributed by atoms with Crippen molar-refractivity contribution >= 4 is 11.3 Å². The van der Waals surface area contributed by atoms with E-state index in [1.165, 1.54) is 4.88 Å². The average Bonchev–Trinajstić information content (AvgIpc) is 2.89. The van der Waals surface area contributed by atoms with Gasteiger partial charge in [-0.15, -0.1) is 0 Å². The molecule has 86 valence electrons. The van der Waals surface area contributed by atoms with Crippen LogP contribution < -0.4 is 10.1 Å². The molecule has 0 saturated heterocycles. The largest absolute Gasteiger partial charge is 0.473 e. The molecule has 0 radical (unpaired) electrons. The molecule has 0 aliphatic carbocycles. The van der Waals surface area contributed by atoms with Crippen molar-refractivity contribution in [1.29, 1.82) is 0 Å². The summed E-state index contributed by atoms with van der Waals surface area (Å²) in [5, 5.41) is 4.02. The minimum absolute atomic E-state index is 0.715. The van der Waals surface area contributed by atoms with Crippen LogP contribution in [0.5, 0.6) is 5.19 Å². The standard InChI is InChI=1S/C11H14N2O2S/c1-8-10(16-11(13-8)14-2)7-12-6-9-4-3-5-15-9/h3-5,12H,6-7H2,1-2H3. The van der Waals surface area contributed by atoms with E-state index in [2.05, 4.69) is 10.3 Å². The highest BCUT2D eigenvalue weighted by Gasteiger charge is 2.07. The maximum Gasteiger partial charge on any atom is 0.273 e. The first-order chi connectivity index (χ1) is 7.79. The normalized spacial score (nSPS) is 10.6. The van der Waals surface area contributed by atoms with Gasteiger partial charge in [-0.2, -0.15) is 0 Å². The number of thiazole rings is 1. The summed E-state index contributed by atoms with van der Waals surface area (Å²) in [6, 6.07) is 3.84. The Hall–Kier alpha value is -1.33. The van der Waals surface area contributed by atoms with Gasteiger partial charge in [0.15, 0.2) is 0 Å². The molecule has 2 aromatic rings. The van der Waals surface area contributed by atoms with E-state index in [9.17, 15) is 0 Å². The van der Waals surface area contributed by atoms with Gasteiger partial charge in [0.25, 0.3) is 5.19 Å². The summed E-state index contributed by atoms with van der Waals surface area (Å²) in [6.45, 7) is 3.50. The topological polar surface area (TPSA) is 47.3 Å². The molecule has 2 rings (SSSR count). The number of hydrogen-bond donors (Lipinski definition) is 1. The fourth-order valence-electron chi connectivity index (χ4n) is 1.37. The van der Waals surface area contributed by atoms with Crippen molar-refractivity contribution in [2.24, 2.45) is 0 Å². The van der Waals surface area contributed by atoms with Gasteiger partial charge in [0.05, 0.1) is 25.6 Å². The van der Waals surface area contributed by atoms with Gasteiger partial charge < -0.3 is 14.5 Å². The number of methoxy groups -OCH3 is 1. The zero-order valence-electron chi connectivity index (χ0n) is 9.32. The van der Waals surface area contributed by atoms with Crippen LogP contribution in [0.3, 0.4) is 0 Å². The van der Waals surface area contributed by atoms with Crippen molar-refractivity contribution in [3.8, 4) is 5.19 Å². The van der Waals surface area contributed by atoms with Crippen molar-refractivity contribution in [2.75, 3.05) is 7.11 Å². The fraction of sp³-hybridized carbons (Fsp3) is 0.364. The summed E-state index contributed by atoms with van der Waals surface area (Å²) < 4.78 is 10.3. The molecule has 0 unspecified atom stereocenters. The van der Waals surface area contributed by atoms with Gasteiger partial charge in [0.2, 0.25) is 0 Å². The lowest BCUT2D eigenvalue weighted by molar-refractivity contribution is 0.411. The minimum atomic E-state index is 0.715. The van der Waals surface area contributed by atoms with E-state index < -0.39 is 0 Å². The van der Waals surface area contributed by atoms with E-state index >= 15 is 0 Å². The number of aromatic nitrogens is 1. The highest BCUT2D eigenvalue weighted by atomic mass is 32.1. The van der Waals surface area contributed by atoms with Crippen molar-refractivity contribution < 1.29 is 9.15 Å². The molecule has 2 aromatic heterocycles. The summed E-state index contributed by atoms with van der Waals surface area (Å²) >= 11 is 1.57. The molecule has 0 spiro atoms. The van der Waals surface area contributed by atoms with Crippen LogP contribution in [0, 0.1) is 6.92 Å². The van der Waals surface area contributed by atoms with E-state index in [0.29, 0.717) is 5.19 Å². The molecule has 16 heavy (non-hydrogen) atoms. The van der Waals surface area contributed by atoms with Gasteiger partial charge in [0.1, 0.15) is 5.76 Å². The van der Waals surface area contributed by atoms with Crippen LogP contribution in [0.25, 0.3) is 0 Å². The van der Waals surface area contributed by atoms with Crippen molar-refractivity contribution in [3.63, 3.8) is 0 Å². The van der Waals surface area contributed by atoms with Crippen LogP contribution in [-0.4, -0.2) is 12.1 Å². The zero-order chi connectivity index (χ0) is 11.4. The number of ether oxygens (including phenoxy) is 1. The lowest BCUT2D eigenvalue weighted by atomic mass is 10.4. The first-order valence-corrected chi connectivity index (χ1v) is 5.84. The average molecular weight is 238 g/mol. The monoisotopic (exact) mass is 238 g/mol. The quantitative estimate of drug-likeness (QED) is 0.868. The van der Waals surface area contributed by atoms with E-state index in [-0.39, 0.29) is 0 Å². The molecule has 0 fully saturated rings. The third-order valence-electron chi connectivity index (χ3n) is 2.21. The second-order valence-corrected chi connectivity index (χ2v) is 4.42. The van der Waals surface area contributed by atoms with Crippen LogP contribution in [0.2, 0.25) is 0 Å². The third kappa shape index (κ3) is 2.62. The van der Waals surface area contributed by atoms with E-state index in [0.717, 1.165) is 24.5 Å². The summed E-state index contributed by atoms with van der Waals surface area (Å²) in [6.07, 6.45) is 1.68. The van der Waals surface area contributed by atoms with E-state index in [4.69, 9.17) is 9.15 Å². The fourth-order valence-corrected chi connectivity index (χ4v) is 2.21. The predicted octanol–water partition coefficient (Wildman–Crippen LogP) is 2.34. The highest BCUT2D eigenvalue weighted by Crippen LogP contribution is 2.23. The maximum absolute atomic E-state index is 5.23. The predicted molar refractivity (Wildman–Crippen MR) is 62.7 cm³/mol. The Morgan fingerprint density at radius 2 is 2.38 bits per heavy atom. The maximum atomic E-state index is 5.23. The second-order valence-electron chi connectivity index (χ2n) is 3.38. The molecule has 0 aliphatic rings. The molecule has 1 N–H and O–H groups in total. The third-order valence-corrected chi connectivity index (χ3v) is 3.33. The molecule has 0 aromatic carbocycles. The Morgan fingerprint density at radius 1 is 1.50 bits per heavy atom. The van der Waals surface area contributed by atoms with Gasteiger partial charge in [0, 0.05) is 11.4 Å². The van der Waals surface area contributed by atoms with Gasteiger partial charge in [-0.25, -0.2) is 4.98 Å². The SMILES string of the molecule is COc1nc(C)c(CNCc2ccco2)s1. The molecular weight excluding hydrogens is 224 g/mol. The molecule has 0 saturated carbocycles. The lowest BCUT2D eigenvalue weighted by Gasteiger charge is -2.00. The van der Waals surface area contributed by atoms with Gasteiger partial charge in [-0.1, -0.05) is 11.3 Å². The molecule has 0 atom stereocenters. The Kier molecular flexibility index (Phi) is 3.58. The lowest BCUT2D eigenvalue weighted by Crippen LogP contribution is -2.11. The second kappa shape index (κ2) is 5.14. The molecular formula is C11H14N2O2S. The van der Waals surface area contributed by atoms with Crippen LogP contribution in [0.15, 0.2) is 22.8 Å². The van der Waals surface area contributed by atoms with Crippen molar-refractivity contribution in [2.45, 2.75) is 20.0 Å². The number of nitrogens with zero attached hydrogens (tertiary/aromatic N) is 1. The molecule has 2 heterocycles. The number of hydrogen-bond acceptors (Lipinski definition) is 5. The molecule has 0 aliphatic heterocycles. The Labute approximate surface area is 98.3 Å². The molecule has 0 amide bonds. The Bertz CT molecular complexity index is 437. The molecule has 4 nitrogen and oxygen atoms in total. The summed E-state index contributed by atoms with van der Waals surface area (Å²) in [5.74, 6) is 0.939. The smallest absolute Gasteiger partial charge is 0.273 e. The van der Waals surface area contributed by atoms with E-state index in [1.54, 1.807) is 24.7 Å². The van der Waals surface area contributed by atoms with Gasteiger partial charge in [-0.05, 0) is 19.1 Å². The number of aryl methyl sites for hydroxylation is 1. The van der Waals surface area contributed by atoms with Gasteiger partial charge >= 0.3 is 0 Å². The Morgan fingerprint density at radius 3 is 3.00 bits per heavy atom. The number of furan rings is 1. The molecule has 5 heteroatoms. The van der Waals surface area contributed by atoms with E-state index in [1.807, 2.05) is 19.1 Å². The van der Waals surface area contributed by atoms with Crippen LogP contribution >= 0.6 is 11.3 Å². The minimum Gasteiger partial charge on any atom is -0.473 e. The highest BCUT2D eigenvalue weighted by molar-refractivity contribution is 7.13. The van der Waals surface area contributed by atoms with Crippen LogP contribution in [0.1, 0.15) is 16.3 Å². The van der Waals surface area contributed by atoms with Crippen LogP contribution in [0.4, 0.5) is 0 Å². The Balaban J connectivity index is 1.87. The first kappa shape index (κ1) is 11.2. The first-order valence-electron chi connectivity index (χ1n) is 5.03. The van der Waals surface area contributed by atoms with Crippen molar-refractivity contribution in [3.05, 3.63) is 34.7 Å². The van der Waals surface area contributed by atoms with Crippen molar-refractivity contribution in [1.82, 2.24) is 10.3 Å². The zero-order valence-corrected chi connectivity index (χ0v) is 10.1.